The van der Waals surface area contributed by atoms with Gasteiger partial charge >= 0.3 is 11.8 Å². The van der Waals surface area contributed by atoms with Gasteiger partial charge in [-0.1, -0.05) is 36.2 Å². The standard InChI is InChI=1S/C25H33N3O4S/c1-17-8-7-9-21(16-17)27-25(30)24(29)26-12-11-22-10-5-6-13-28(22)33(31,32)23-19(3)14-18(2)15-20(23)4/h7-9,14-16,22H,5-6,10-13H2,1-4H3,(H,26,29)(H,27,30). The van der Waals surface area contributed by atoms with E-state index in [9.17, 15) is 18.0 Å². The Balaban J connectivity index is 1.64. The van der Waals surface area contributed by atoms with Crippen molar-refractivity contribution in [1.29, 1.82) is 0 Å². The van der Waals surface area contributed by atoms with E-state index in [1.54, 1.807) is 22.5 Å². The molecule has 2 amide bonds. The van der Waals surface area contributed by atoms with Gasteiger partial charge in [-0.3, -0.25) is 9.59 Å². The summed E-state index contributed by atoms with van der Waals surface area (Å²) in [4.78, 5) is 24.8. The van der Waals surface area contributed by atoms with Crippen molar-refractivity contribution in [2.75, 3.05) is 18.4 Å². The van der Waals surface area contributed by atoms with Gasteiger partial charge in [0, 0.05) is 24.8 Å². The number of amides is 2. The van der Waals surface area contributed by atoms with Gasteiger partial charge in [-0.25, -0.2) is 8.42 Å². The number of sulfonamides is 1. The van der Waals surface area contributed by atoms with Gasteiger partial charge in [0.2, 0.25) is 10.0 Å². The lowest BCUT2D eigenvalue weighted by atomic mass is 10.0. The molecule has 0 spiro atoms. The van der Waals surface area contributed by atoms with Crippen LogP contribution in [0.25, 0.3) is 0 Å². The zero-order valence-corrected chi connectivity index (χ0v) is 20.6. The molecule has 1 aliphatic heterocycles. The lowest BCUT2D eigenvalue weighted by Gasteiger charge is -2.35. The molecular formula is C25H33N3O4S. The first kappa shape index (κ1) is 24.9. The van der Waals surface area contributed by atoms with Gasteiger partial charge in [-0.15, -0.1) is 0 Å². The van der Waals surface area contributed by atoms with E-state index in [1.165, 1.54) is 0 Å². The van der Waals surface area contributed by atoms with Crippen molar-refractivity contribution < 1.29 is 18.0 Å². The number of nitrogens with one attached hydrogen (secondary N) is 2. The maximum Gasteiger partial charge on any atom is 0.313 e. The van der Waals surface area contributed by atoms with Crippen molar-refractivity contribution in [3.05, 3.63) is 58.7 Å². The summed E-state index contributed by atoms with van der Waals surface area (Å²) in [6, 6.07) is 10.8. The van der Waals surface area contributed by atoms with Crippen LogP contribution in [0.15, 0.2) is 41.3 Å². The molecule has 1 saturated heterocycles. The molecule has 1 unspecified atom stereocenters. The molecule has 3 rings (SSSR count). The fourth-order valence-corrected chi connectivity index (χ4v) is 6.75. The van der Waals surface area contributed by atoms with Gasteiger partial charge in [0.25, 0.3) is 0 Å². The fraction of sp³-hybridized carbons (Fsp3) is 0.440. The summed E-state index contributed by atoms with van der Waals surface area (Å²) in [6.45, 7) is 8.21. The molecule has 1 fully saturated rings. The Morgan fingerprint density at radius 1 is 0.970 bits per heavy atom. The zero-order valence-electron chi connectivity index (χ0n) is 19.8. The van der Waals surface area contributed by atoms with E-state index in [1.807, 2.05) is 45.9 Å². The molecule has 2 aromatic rings. The Kier molecular flexibility index (Phi) is 7.92. The second kappa shape index (κ2) is 10.5. The zero-order chi connectivity index (χ0) is 24.2. The molecular weight excluding hydrogens is 438 g/mol. The number of rotatable bonds is 6. The van der Waals surface area contributed by atoms with Crippen molar-refractivity contribution in [2.45, 2.75) is 64.3 Å². The van der Waals surface area contributed by atoms with Crippen molar-refractivity contribution in [3.8, 4) is 0 Å². The smallest absolute Gasteiger partial charge is 0.313 e. The van der Waals surface area contributed by atoms with Crippen LogP contribution in [0, 0.1) is 27.7 Å². The highest BCUT2D eigenvalue weighted by Gasteiger charge is 2.35. The third kappa shape index (κ3) is 6.00. The lowest BCUT2D eigenvalue weighted by Crippen LogP contribution is -2.46. The highest BCUT2D eigenvalue weighted by Crippen LogP contribution is 2.31. The second-order valence-electron chi connectivity index (χ2n) is 8.86. The number of nitrogens with zero attached hydrogens (tertiary/aromatic N) is 1. The normalized spacial score (nSPS) is 16.9. The summed E-state index contributed by atoms with van der Waals surface area (Å²) in [5.74, 6) is -1.47. The van der Waals surface area contributed by atoms with Crippen LogP contribution in [0.4, 0.5) is 5.69 Å². The summed E-state index contributed by atoms with van der Waals surface area (Å²) in [5.41, 5.74) is 4.07. The molecule has 0 saturated carbocycles. The van der Waals surface area contributed by atoms with Gasteiger partial charge < -0.3 is 10.6 Å². The van der Waals surface area contributed by atoms with Crippen LogP contribution in [0.3, 0.4) is 0 Å². The first-order valence-electron chi connectivity index (χ1n) is 11.3. The molecule has 1 heterocycles. The van der Waals surface area contributed by atoms with Gasteiger partial charge in [0.15, 0.2) is 0 Å². The SMILES string of the molecule is Cc1cccc(NC(=O)C(=O)NCCC2CCCCN2S(=O)(=O)c2c(C)cc(C)cc2C)c1. The van der Waals surface area contributed by atoms with Crippen LogP contribution < -0.4 is 10.6 Å². The van der Waals surface area contributed by atoms with Crippen LogP contribution in [0.2, 0.25) is 0 Å². The number of anilines is 1. The van der Waals surface area contributed by atoms with Crippen LogP contribution >= 0.6 is 0 Å². The molecule has 1 atom stereocenters. The van der Waals surface area contributed by atoms with E-state index in [0.29, 0.717) is 23.5 Å². The molecule has 0 aromatic heterocycles. The average molecular weight is 472 g/mol. The summed E-state index contributed by atoms with van der Waals surface area (Å²) in [5, 5.41) is 5.22. The minimum atomic E-state index is -3.66. The molecule has 33 heavy (non-hydrogen) atoms. The number of benzene rings is 2. The lowest BCUT2D eigenvalue weighted by molar-refractivity contribution is -0.136. The van der Waals surface area contributed by atoms with Gasteiger partial charge in [-0.05, 0) is 75.8 Å². The Bertz CT molecular complexity index is 1120. The fourth-order valence-electron chi connectivity index (χ4n) is 4.61. The first-order valence-corrected chi connectivity index (χ1v) is 12.8. The molecule has 1 aliphatic rings. The average Bonchev–Trinajstić information content (AvgIpc) is 2.73. The molecule has 2 aromatic carbocycles. The van der Waals surface area contributed by atoms with Crippen LogP contribution in [-0.4, -0.2) is 43.7 Å². The van der Waals surface area contributed by atoms with Crippen molar-refractivity contribution >= 4 is 27.5 Å². The van der Waals surface area contributed by atoms with Gasteiger partial charge in [0.05, 0.1) is 4.90 Å². The highest BCUT2D eigenvalue weighted by atomic mass is 32.2. The van der Waals surface area contributed by atoms with E-state index in [4.69, 9.17) is 0 Å². The van der Waals surface area contributed by atoms with E-state index in [-0.39, 0.29) is 12.6 Å². The third-order valence-electron chi connectivity index (χ3n) is 5.99. The van der Waals surface area contributed by atoms with Crippen LogP contribution in [0.1, 0.15) is 47.9 Å². The van der Waals surface area contributed by atoms with Crippen molar-refractivity contribution in [3.63, 3.8) is 0 Å². The Morgan fingerprint density at radius 2 is 1.67 bits per heavy atom. The number of piperidine rings is 1. The van der Waals surface area contributed by atoms with Crippen LogP contribution in [0.5, 0.6) is 0 Å². The predicted molar refractivity (Wildman–Crippen MR) is 130 cm³/mol. The topological polar surface area (TPSA) is 95.6 Å². The van der Waals surface area contributed by atoms with E-state index < -0.39 is 21.8 Å². The second-order valence-corrected chi connectivity index (χ2v) is 10.7. The molecule has 7 nitrogen and oxygen atoms in total. The van der Waals surface area contributed by atoms with E-state index in [0.717, 1.165) is 41.5 Å². The molecule has 2 N–H and O–H groups in total. The summed E-state index contributed by atoms with van der Waals surface area (Å²) in [7, 11) is -3.66. The Hall–Kier alpha value is -2.71. The molecule has 0 radical (unpaired) electrons. The number of carbonyl (C=O) groups is 2. The molecule has 178 valence electrons. The van der Waals surface area contributed by atoms with Gasteiger partial charge in [-0.2, -0.15) is 4.31 Å². The van der Waals surface area contributed by atoms with E-state index in [2.05, 4.69) is 10.6 Å². The van der Waals surface area contributed by atoms with Crippen molar-refractivity contribution in [1.82, 2.24) is 9.62 Å². The third-order valence-corrected chi connectivity index (χ3v) is 8.25. The first-order chi connectivity index (χ1) is 15.6. The summed E-state index contributed by atoms with van der Waals surface area (Å²) < 4.78 is 28.7. The van der Waals surface area contributed by atoms with Gasteiger partial charge in [0.1, 0.15) is 0 Å². The number of hydrogen-bond donors (Lipinski definition) is 2. The quantitative estimate of drug-likeness (QED) is 0.629. The maximum atomic E-state index is 13.6. The monoisotopic (exact) mass is 471 g/mol. The minimum absolute atomic E-state index is 0.219. The molecule has 0 aliphatic carbocycles. The number of aryl methyl sites for hydroxylation is 4. The van der Waals surface area contributed by atoms with E-state index >= 15 is 0 Å². The van der Waals surface area contributed by atoms with Crippen molar-refractivity contribution in [2.24, 2.45) is 0 Å². The molecule has 8 heteroatoms. The predicted octanol–water partition coefficient (Wildman–Crippen LogP) is 3.61. The summed E-state index contributed by atoms with van der Waals surface area (Å²) in [6.07, 6.45) is 2.93. The largest absolute Gasteiger partial charge is 0.348 e. The minimum Gasteiger partial charge on any atom is -0.348 e. The Labute approximate surface area is 196 Å². The number of carbonyl (C=O) groups excluding carboxylic acids is 2. The highest BCUT2D eigenvalue weighted by molar-refractivity contribution is 7.89. The molecule has 0 bridgehead atoms. The van der Waals surface area contributed by atoms with Crippen LogP contribution in [-0.2, 0) is 19.6 Å². The summed E-state index contributed by atoms with van der Waals surface area (Å²) >= 11 is 0. The Morgan fingerprint density at radius 3 is 2.33 bits per heavy atom. The number of hydrogen-bond acceptors (Lipinski definition) is 4. The maximum absolute atomic E-state index is 13.6.